The molecule has 1 atom stereocenters. The van der Waals surface area contributed by atoms with Crippen LogP contribution in [0.4, 0.5) is 5.69 Å². The van der Waals surface area contributed by atoms with Crippen molar-refractivity contribution in [1.82, 2.24) is 5.32 Å². The highest BCUT2D eigenvalue weighted by Gasteiger charge is 2.40. The lowest BCUT2D eigenvalue weighted by Crippen LogP contribution is -2.35. The third kappa shape index (κ3) is 4.24. The smallest absolute Gasteiger partial charge is 0.337 e. The molecular weight excluding hydrogens is 420 g/mol. The standard InChI is InChI=1S/C23H25ClN2O5/c1-13-20(23(28)31-15-6-3-2-4-7-15)21(22-17(25-13)8-5-9-19(22)27)14-10-11-16(24)18(12-14)26(29)30/h10-12,15,21,25H,2-9H2,1H3. The highest BCUT2D eigenvalue weighted by molar-refractivity contribution is 6.32. The number of dihydropyridines is 1. The second-order valence-electron chi connectivity index (χ2n) is 8.40. The largest absolute Gasteiger partial charge is 0.459 e. The van der Waals surface area contributed by atoms with Gasteiger partial charge >= 0.3 is 5.97 Å². The quantitative estimate of drug-likeness (QED) is 0.394. The van der Waals surface area contributed by atoms with Crippen LogP contribution in [0.1, 0.15) is 69.8 Å². The van der Waals surface area contributed by atoms with Crippen LogP contribution in [-0.2, 0) is 14.3 Å². The molecule has 31 heavy (non-hydrogen) atoms. The van der Waals surface area contributed by atoms with Crippen molar-refractivity contribution in [2.45, 2.75) is 70.3 Å². The van der Waals surface area contributed by atoms with Crippen LogP contribution in [0.15, 0.2) is 40.7 Å². The zero-order chi connectivity index (χ0) is 22.1. The summed E-state index contributed by atoms with van der Waals surface area (Å²) < 4.78 is 5.84. The first-order valence-electron chi connectivity index (χ1n) is 10.8. The van der Waals surface area contributed by atoms with Gasteiger partial charge in [-0.3, -0.25) is 14.9 Å². The van der Waals surface area contributed by atoms with Crippen LogP contribution < -0.4 is 5.32 Å². The lowest BCUT2D eigenvalue weighted by Gasteiger charge is -2.35. The van der Waals surface area contributed by atoms with Crippen molar-refractivity contribution in [3.05, 3.63) is 61.4 Å². The number of nitro groups is 1. The van der Waals surface area contributed by atoms with Crippen molar-refractivity contribution in [2.24, 2.45) is 0 Å². The van der Waals surface area contributed by atoms with E-state index in [2.05, 4.69) is 5.32 Å². The summed E-state index contributed by atoms with van der Waals surface area (Å²) in [6, 6.07) is 4.47. The number of hydrogen-bond donors (Lipinski definition) is 1. The van der Waals surface area contributed by atoms with Gasteiger partial charge in [-0.1, -0.05) is 24.1 Å². The number of rotatable bonds is 4. The van der Waals surface area contributed by atoms with Gasteiger partial charge in [-0.05, 0) is 57.1 Å². The number of carbonyl (C=O) groups is 2. The van der Waals surface area contributed by atoms with Crippen molar-refractivity contribution >= 4 is 29.0 Å². The molecule has 2 aliphatic carbocycles. The zero-order valence-electron chi connectivity index (χ0n) is 17.4. The van der Waals surface area contributed by atoms with E-state index in [1.54, 1.807) is 13.0 Å². The van der Waals surface area contributed by atoms with Gasteiger partial charge in [0.05, 0.1) is 10.5 Å². The summed E-state index contributed by atoms with van der Waals surface area (Å²) in [7, 11) is 0. The Labute approximate surface area is 185 Å². The number of benzene rings is 1. The maximum absolute atomic E-state index is 13.3. The number of nitrogens with one attached hydrogen (secondary N) is 1. The summed E-state index contributed by atoms with van der Waals surface area (Å²) in [6.45, 7) is 1.79. The van der Waals surface area contributed by atoms with E-state index in [1.807, 2.05) is 0 Å². The van der Waals surface area contributed by atoms with Gasteiger partial charge in [-0.15, -0.1) is 0 Å². The van der Waals surface area contributed by atoms with Gasteiger partial charge in [0, 0.05) is 35.4 Å². The molecule has 8 heteroatoms. The number of nitro benzene ring substituents is 1. The molecule has 0 saturated heterocycles. The Balaban J connectivity index is 1.79. The Bertz CT molecular complexity index is 1010. The van der Waals surface area contributed by atoms with Crippen LogP contribution >= 0.6 is 11.6 Å². The molecule has 0 amide bonds. The van der Waals surface area contributed by atoms with Crippen LogP contribution in [0.3, 0.4) is 0 Å². The third-order valence-corrected chi connectivity index (χ3v) is 6.64. The van der Waals surface area contributed by atoms with Crippen molar-refractivity contribution in [1.29, 1.82) is 0 Å². The van der Waals surface area contributed by atoms with Gasteiger partial charge in [-0.2, -0.15) is 0 Å². The summed E-state index contributed by atoms with van der Waals surface area (Å²) in [5.41, 5.74) is 2.50. The molecule has 0 bridgehead atoms. The first-order valence-corrected chi connectivity index (χ1v) is 11.1. The number of ether oxygens (including phenoxy) is 1. The molecule has 1 fully saturated rings. The number of nitrogens with zero attached hydrogens (tertiary/aromatic N) is 1. The predicted molar refractivity (Wildman–Crippen MR) is 116 cm³/mol. The molecule has 1 aliphatic heterocycles. The van der Waals surface area contributed by atoms with Crippen LogP contribution in [0.25, 0.3) is 0 Å². The molecule has 1 N–H and O–H groups in total. The van der Waals surface area contributed by atoms with E-state index < -0.39 is 16.8 Å². The maximum atomic E-state index is 13.3. The molecule has 1 unspecified atom stereocenters. The summed E-state index contributed by atoms with van der Waals surface area (Å²) in [6.07, 6.45) is 6.51. The number of halogens is 1. The SMILES string of the molecule is CC1=C(C(=O)OC2CCCCC2)C(c2ccc(Cl)c([N+](=O)[O-])c2)C2=C(CCCC2=O)N1. The summed E-state index contributed by atoms with van der Waals surface area (Å²) in [5, 5.41) is 14.7. The molecule has 164 valence electrons. The van der Waals surface area contributed by atoms with Gasteiger partial charge in [-0.25, -0.2) is 4.79 Å². The molecule has 1 heterocycles. The first kappa shape index (κ1) is 21.6. The Kier molecular flexibility index (Phi) is 6.14. The van der Waals surface area contributed by atoms with E-state index in [-0.39, 0.29) is 22.6 Å². The summed E-state index contributed by atoms with van der Waals surface area (Å²) in [5.74, 6) is -1.23. The Morgan fingerprint density at radius 3 is 2.65 bits per heavy atom. The molecule has 7 nitrogen and oxygen atoms in total. The third-order valence-electron chi connectivity index (χ3n) is 6.32. The predicted octanol–water partition coefficient (Wildman–Crippen LogP) is 5.09. The fourth-order valence-corrected chi connectivity index (χ4v) is 5.02. The average molecular weight is 445 g/mol. The molecule has 4 rings (SSSR count). The molecule has 0 aromatic heterocycles. The van der Waals surface area contributed by atoms with Gasteiger partial charge in [0.15, 0.2) is 5.78 Å². The second kappa shape index (κ2) is 8.83. The Morgan fingerprint density at radius 1 is 1.19 bits per heavy atom. The molecule has 0 radical (unpaired) electrons. The lowest BCUT2D eigenvalue weighted by atomic mass is 9.75. The minimum absolute atomic E-state index is 0.0129. The number of allylic oxidation sites excluding steroid dienone is 3. The molecule has 1 saturated carbocycles. The minimum atomic E-state index is -0.712. The second-order valence-corrected chi connectivity index (χ2v) is 8.81. The highest BCUT2D eigenvalue weighted by Crippen LogP contribution is 2.44. The van der Waals surface area contributed by atoms with Crippen LogP contribution in [0.5, 0.6) is 0 Å². The maximum Gasteiger partial charge on any atom is 0.337 e. The average Bonchev–Trinajstić information content (AvgIpc) is 2.73. The molecular formula is C23H25ClN2O5. The van der Waals surface area contributed by atoms with Crippen molar-refractivity contribution in [3.8, 4) is 0 Å². The minimum Gasteiger partial charge on any atom is -0.459 e. The summed E-state index contributed by atoms with van der Waals surface area (Å²) >= 11 is 6.02. The normalized spacial score (nSPS) is 22.1. The van der Waals surface area contributed by atoms with Gasteiger partial charge in [0.25, 0.3) is 5.69 Å². The highest BCUT2D eigenvalue weighted by atomic mass is 35.5. The number of carbonyl (C=O) groups excluding carboxylic acids is 2. The van der Waals surface area contributed by atoms with E-state index >= 15 is 0 Å². The topological polar surface area (TPSA) is 98.5 Å². The number of Topliss-reactive ketones (excluding diaryl/α,β-unsaturated/α-hetero) is 1. The lowest BCUT2D eigenvalue weighted by molar-refractivity contribution is -0.384. The molecule has 1 aromatic rings. The number of esters is 1. The molecule has 0 spiro atoms. The van der Waals surface area contributed by atoms with Crippen LogP contribution in [-0.4, -0.2) is 22.8 Å². The molecule has 1 aromatic carbocycles. The molecule has 3 aliphatic rings. The van der Waals surface area contributed by atoms with Crippen LogP contribution in [0, 0.1) is 10.1 Å². The van der Waals surface area contributed by atoms with Gasteiger partial charge in [0.1, 0.15) is 11.1 Å². The van der Waals surface area contributed by atoms with E-state index in [0.717, 1.165) is 44.2 Å². The van der Waals surface area contributed by atoms with Crippen molar-refractivity contribution in [3.63, 3.8) is 0 Å². The van der Waals surface area contributed by atoms with Gasteiger partial charge < -0.3 is 10.1 Å². The fraction of sp³-hybridized carbons (Fsp3) is 0.478. The number of hydrogen-bond acceptors (Lipinski definition) is 6. The summed E-state index contributed by atoms with van der Waals surface area (Å²) in [4.78, 5) is 37.2. The first-order chi connectivity index (χ1) is 14.9. The van der Waals surface area contributed by atoms with Crippen LogP contribution in [0.2, 0.25) is 5.02 Å². The van der Waals surface area contributed by atoms with E-state index in [9.17, 15) is 19.7 Å². The van der Waals surface area contributed by atoms with E-state index in [0.29, 0.717) is 35.2 Å². The van der Waals surface area contributed by atoms with Gasteiger partial charge in [0.2, 0.25) is 0 Å². The number of ketones is 1. The van der Waals surface area contributed by atoms with Crippen molar-refractivity contribution in [2.75, 3.05) is 0 Å². The monoisotopic (exact) mass is 444 g/mol. The van der Waals surface area contributed by atoms with E-state index in [4.69, 9.17) is 16.3 Å². The fourth-order valence-electron chi connectivity index (χ4n) is 4.83. The van der Waals surface area contributed by atoms with Crippen molar-refractivity contribution < 1.29 is 19.2 Å². The Morgan fingerprint density at radius 2 is 1.94 bits per heavy atom. The Hall–Kier alpha value is -2.67. The van der Waals surface area contributed by atoms with E-state index in [1.165, 1.54) is 12.1 Å². The zero-order valence-corrected chi connectivity index (χ0v) is 18.2.